The highest BCUT2D eigenvalue weighted by atomic mass is 35.5. The largest absolute Gasteiger partial charge is 0.480 e. The average Bonchev–Trinajstić information content (AvgIpc) is 2.46. The summed E-state index contributed by atoms with van der Waals surface area (Å²) < 4.78 is 0. The number of hydrogen-bond acceptors (Lipinski definition) is 4. The van der Waals surface area contributed by atoms with Crippen molar-refractivity contribution in [3.05, 3.63) is 28.5 Å². The van der Waals surface area contributed by atoms with Crippen molar-refractivity contribution in [1.29, 1.82) is 0 Å². The van der Waals surface area contributed by atoms with Gasteiger partial charge in [0, 0.05) is 37.4 Å². The lowest BCUT2D eigenvalue weighted by atomic mass is 10.1. The minimum atomic E-state index is -0.844. The van der Waals surface area contributed by atoms with Crippen LogP contribution in [0.2, 0.25) is 5.15 Å². The summed E-state index contributed by atoms with van der Waals surface area (Å²) in [6, 6.07) is 3.34. The van der Waals surface area contributed by atoms with Crippen LogP contribution in [0, 0.1) is 0 Å². The first-order chi connectivity index (χ1) is 9.99. The van der Waals surface area contributed by atoms with E-state index in [1.807, 2.05) is 11.8 Å². The van der Waals surface area contributed by atoms with E-state index >= 15 is 0 Å². The molecule has 1 aliphatic heterocycles. The molecule has 6 nitrogen and oxygen atoms in total. The quantitative estimate of drug-likeness (QED) is 0.844. The van der Waals surface area contributed by atoms with Crippen molar-refractivity contribution >= 4 is 23.5 Å². The zero-order chi connectivity index (χ0) is 15.4. The molecule has 114 valence electrons. The maximum atomic E-state index is 12.5. The first-order valence-corrected chi connectivity index (χ1v) is 7.27. The molecular weight excluding hydrogens is 294 g/mol. The second-order valence-electron chi connectivity index (χ2n) is 4.99. The van der Waals surface area contributed by atoms with E-state index in [-0.39, 0.29) is 12.5 Å². The van der Waals surface area contributed by atoms with Crippen LogP contribution in [0.5, 0.6) is 0 Å². The number of carboxylic acids is 1. The van der Waals surface area contributed by atoms with E-state index in [0.29, 0.717) is 43.3 Å². The molecule has 0 atom stereocenters. The van der Waals surface area contributed by atoms with E-state index in [4.69, 9.17) is 16.7 Å². The van der Waals surface area contributed by atoms with E-state index in [1.54, 1.807) is 17.0 Å². The Morgan fingerprint density at radius 1 is 1.29 bits per heavy atom. The topological polar surface area (TPSA) is 73.7 Å². The lowest BCUT2D eigenvalue weighted by molar-refractivity contribution is -0.138. The summed E-state index contributed by atoms with van der Waals surface area (Å²) in [4.78, 5) is 30.8. The standard InChI is InChI=1S/C14H18ClN3O3/c1-2-11-7-10(8-12(15)16-11)14(21)18-5-3-17(4-6-18)9-13(19)20/h7-8H,2-6,9H2,1H3,(H,19,20). The van der Waals surface area contributed by atoms with Crippen molar-refractivity contribution < 1.29 is 14.7 Å². The highest BCUT2D eigenvalue weighted by Crippen LogP contribution is 2.15. The average molecular weight is 312 g/mol. The molecule has 0 spiro atoms. The Balaban J connectivity index is 2.02. The molecular formula is C14H18ClN3O3. The number of hydrogen-bond donors (Lipinski definition) is 1. The number of nitrogens with zero attached hydrogens (tertiary/aromatic N) is 3. The number of rotatable bonds is 4. The van der Waals surface area contributed by atoms with Crippen LogP contribution in [0.1, 0.15) is 23.0 Å². The molecule has 1 aliphatic rings. The van der Waals surface area contributed by atoms with Crippen molar-refractivity contribution in [2.75, 3.05) is 32.7 Å². The lowest BCUT2D eigenvalue weighted by Crippen LogP contribution is -2.49. The fourth-order valence-corrected chi connectivity index (χ4v) is 2.56. The van der Waals surface area contributed by atoms with Gasteiger partial charge in [-0.3, -0.25) is 14.5 Å². The van der Waals surface area contributed by atoms with E-state index in [2.05, 4.69) is 4.98 Å². The normalized spacial score (nSPS) is 16.0. The summed E-state index contributed by atoms with van der Waals surface area (Å²) in [5.41, 5.74) is 1.33. The fraction of sp³-hybridized carbons (Fsp3) is 0.500. The molecule has 0 aromatic carbocycles. The molecule has 1 aromatic rings. The van der Waals surface area contributed by atoms with Gasteiger partial charge in [0.25, 0.3) is 5.91 Å². The van der Waals surface area contributed by atoms with Gasteiger partial charge in [0.2, 0.25) is 0 Å². The van der Waals surface area contributed by atoms with Gasteiger partial charge >= 0.3 is 5.97 Å². The molecule has 0 bridgehead atoms. The SMILES string of the molecule is CCc1cc(C(=O)N2CCN(CC(=O)O)CC2)cc(Cl)n1. The Labute approximate surface area is 128 Å². The zero-order valence-electron chi connectivity index (χ0n) is 11.9. The highest BCUT2D eigenvalue weighted by Gasteiger charge is 2.23. The van der Waals surface area contributed by atoms with Crippen molar-refractivity contribution in [3.8, 4) is 0 Å². The Bertz CT molecular complexity index is 542. The number of amides is 1. The lowest BCUT2D eigenvalue weighted by Gasteiger charge is -2.33. The van der Waals surface area contributed by atoms with Gasteiger partial charge in [0.15, 0.2) is 0 Å². The maximum absolute atomic E-state index is 12.5. The van der Waals surface area contributed by atoms with Gasteiger partial charge in [-0.15, -0.1) is 0 Å². The third kappa shape index (κ3) is 4.15. The molecule has 0 radical (unpaired) electrons. The number of carboxylic acid groups (broad SMARTS) is 1. The molecule has 1 saturated heterocycles. The molecule has 21 heavy (non-hydrogen) atoms. The first-order valence-electron chi connectivity index (χ1n) is 6.89. The van der Waals surface area contributed by atoms with Crippen LogP contribution in [0.15, 0.2) is 12.1 Å². The second-order valence-corrected chi connectivity index (χ2v) is 5.37. The van der Waals surface area contributed by atoms with Gasteiger partial charge in [-0.05, 0) is 18.6 Å². The van der Waals surface area contributed by atoms with Crippen molar-refractivity contribution in [1.82, 2.24) is 14.8 Å². The van der Waals surface area contributed by atoms with Crippen LogP contribution in [0.4, 0.5) is 0 Å². The van der Waals surface area contributed by atoms with Gasteiger partial charge in [-0.25, -0.2) is 4.98 Å². The number of carbonyl (C=O) groups is 2. The summed E-state index contributed by atoms with van der Waals surface area (Å²) in [5.74, 6) is -0.924. The molecule has 2 rings (SSSR count). The molecule has 1 amide bonds. The number of aliphatic carboxylic acids is 1. The zero-order valence-corrected chi connectivity index (χ0v) is 12.6. The molecule has 1 fully saturated rings. The first kappa shape index (κ1) is 15.7. The van der Waals surface area contributed by atoms with Gasteiger partial charge in [-0.2, -0.15) is 0 Å². The summed E-state index contributed by atoms with van der Waals surface area (Å²) in [7, 11) is 0. The van der Waals surface area contributed by atoms with Gasteiger partial charge in [-0.1, -0.05) is 18.5 Å². The number of halogens is 1. The molecule has 0 saturated carbocycles. The predicted octanol–water partition coefficient (Wildman–Crippen LogP) is 1.14. The molecule has 1 N–H and O–H groups in total. The summed E-state index contributed by atoms with van der Waals surface area (Å²) in [5, 5.41) is 9.08. The van der Waals surface area contributed by atoms with E-state index in [9.17, 15) is 9.59 Å². The summed E-state index contributed by atoms with van der Waals surface area (Å²) >= 11 is 5.94. The summed E-state index contributed by atoms with van der Waals surface area (Å²) in [6.07, 6.45) is 0.716. The molecule has 0 aliphatic carbocycles. The number of piperazine rings is 1. The van der Waals surface area contributed by atoms with Crippen LogP contribution in [0.25, 0.3) is 0 Å². The van der Waals surface area contributed by atoms with Gasteiger partial charge in [0.1, 0.15) is 5.15 Å². The molecule has 2 heterocycles. The second kappa shape index (κ2) is 6.87. The number of aryl methyl sites for hydroxylation is 1. The Morgan fingerprint density at radius 3 is 2.52 bits per heavy atom. The predicted molar refractivity (Wildman–Crippen MR) is 78.6 cm³/mol. The monoisotopic (exact) mass is 311 g/mol. The van der Waals surface area contributed by atoms with E-state index in [1.165, 1.54) is 0 Å². The number of pyridine rings is 1. The fourth-order valence-electron chi connectivity index (χ4n) is 2.34. The molecule has 1 aromatic heterocycles. The van der Waals surface area contributed by atoms with Crippen LogP contribution >= 0.6 is 11.6 Å². The van der Waals surface area contributed by atoms with Crippen molar-refractivity contribution in [2.24, 2.45) is 0 Å². The smallest absolute Gasteiger partial charge is 0.317 e. The van der Waals surface area contributed by atoms with Gasteiger partial charge < -0.3 is 10.0 Å². The minimum absolute atomic E-state index is 0.0170. The number of aromatic nitrogens is 1. The van der Waals surface area contributed by atoms with E-state index in [0.717, 1.165) is 5.69 Å². The van der Waals surface area contributed by atoms with E-state index < -0.39 is 5.97 Å². The third-order valence-electron chi connectivity index (χ3n) is 3.47. The Kier molecular flexibility index (Phi) is 5.14. The van der Waals surface area contributed by atoms with Crippen LogP contribution in [0.3, 0.4) is 0 Å². The van der Waals surface area contributed by atoms with Crippen molar-refractivity contribution in [3.63, 3.8) is 0 Å². The van der Waals surface area contributed by atoms with Crippen LogP contribution in [-0.2, 0) is 11.2 Å². The Hall–Kier alpha value is -1.66. The molecule has 7 heteroatoms. The molecule has 0 unspecified atom stereocenters. The summed E-state index contributed by atoms with van der Waals surface area (Å²) in [6.45, 7) is 4.15. The minimum Gasteiger partial charge on any atom is -0.480 e. The van der Waals surface area contributed by atoms with Crippen LogP contribution < -0.4 is 0 Å². The Morgan fingerprint density at radius 2 is 1.95 bits per heavy atom. The van der Waals surface area contributed by atoms with Gasteiger partial charge in [0.05, 0.1) is 6.54 Å². The van der Waals surface area contributed by atoms with Crippen LogP contribution in [-0.4, -0.2) is 64.5 Å². The van der Waals surface area contributed by atoms with Crippen molar-refractivity contribution in [2.45, 2.75) is 13.3 Å². The number of carbonyl (C=O) groups excluding carboxylic acids is 1. The highest BCUT2D eigenvalue weighted by molar-refractivity contribution is 6.29. The maximum Gasteiger partial charge on any atom is 0.317 e. The third-order valence-corrected chi connectivity index (χ3v) is 3.67.